The minimum atomic E-state index is 0.0173. The first-order valence-corrected chi connectivity index (χ1v) is 18.7. The van der Waals surface area contributed by atoms with E-state index in [-0.39, 0.29) is 5.41 Å². The molecule has 10 aromatic rings. The molecule has 0 atom stereocenters. The Balaban J connectivity index is 1.20. The number of rotatable bonds is 3. The van der Waals surface area contributed by atoms with Crippen LogP contribution >= 0.6 is 11.3 Å². The Morgan fingerprint density at radius 1 is 0.314 bits per heavy atom. The molecule has 9 aromatic carbocycles. The standard InChI is InChI=1S/C50H36S/c1-50(2,3)49-41-23-13-11-21-39(41)48(40-22-12-14-24-42(40)49)33-25-27-34-43-29-32(26-28-44(43)51-45(34)30-33)47-37-19-9-7-17-35(37)46(31-15-5-4-6-16-31)36-18-8-10-20-38(36)47/h4-30H,1-3H3. The number of hydrogen-bond acceptors (Lipinski definition) is 1. The highest BCUT2D eigenvalue weighted by Crippen LogP contribution is 2.47. The highest BCUT2D eigenvalue weighted by molar-refractivity contribution is 7.25. The molecule has 0 nitrogen and oxygen atoms in total. The van der Waals surface area contributed by atoms with Crippen LogP contribution in [0.2, 0.25) is 0 Å². The van der Waals surface area contributed by atoms with Crippen molar-refractivity contribution in [2.75, 3.05) is 0 Å². The fourth-order valence-corrected chi connectivity index (χ4v) is 9.82. The van der Waals surface area contributed by atoms with Gasteiger partial charge in [0.05, 0.1) is 0 Å². The zero-order valence-electron chi connectivity index (χ0n) is 29.0. The second-order valence-corrected chi connectivity index (χ2v) is 15.9. The molecular weight excluding hydrogens is 633 g/mol. The van der Waals surface area contributed by atoms with Crippen molar-refractivity contribution in [3.63, 3.8) is 0 Å². The van der Waals surface area contributed by atoms with Crippen LogP contribution in [0.5, 0.6) is 0 Å². The molecular formula is C50H36S. The Bertz CT molecular complexity index is 2880. The Morgan fingerprint density at radius 3 is 1.24 bits per heavy atom. The highest BCUT2D eigenvalue weighted by Gasteiger charge is 2.24. The SMILES string of the molecule is CC(C)(C)c1c2ccccc2c(-c2ccc3c(c2)sc2ccc(-c4c5ccccc5c(-c5ccccc5)c5ccccc45)cc23)c2ccccc12. The second kappa shape index (κ2) is 11.4. The number of thiophene rings is 1. The Hall–Kier alpha value is -5.76. The van der Waals surface area contributed by atoms with Crippen LogP contribution in [-0.4, -0.2) is 0 Å². The van der Waals surface area contributed by atoms with Gasteiger partial charge in [-0.15, -0.1) is 11.3 Å². The van der Waals surface area contributed by atoms with Gasteiger partial charge in [-0.25, -0.2) is 0 Å². The predicted octanol–water partition coefficient (Wildman–Crippen LogP) is 15.0. The summed E-state index contributed by atoms with van der Waals surface area (Å²) >= 11 is 1.90. The van der Waals surface area contributed by atoms with Gasteiger partial charge in [-0.2, -0.15) is 0 Å². The molecule has 0 bridgehead atoms. The molecule has 0 N–H and O–H groups in total. The number of benzene rings is 9. The van der Waals surface area contributed by atoms with E-state index in [1.54, 1.807) is 0 Å². The highest BCUT2D eigenvalue weighted by atomic mass is 32.1. The molecule has 0 saturated carbocycles. The third kappa shape index (κ3) is 4.65. The van der Waals surface area contributed by atoms with Gasteiger partial charge in [0, 0.05) is 20.2 Å². The second-order valence-electron chi connectivity index (χ2n) is 14.8. The van der Waals surface area contributed by atoms with E-state index >= 15 is 0 Å². The molecule has 0 radical (unpaired) electrons. The summed E-state index contributed by atoms with van der Waals surface area (Å²) in [5.41, 5.74) is 9.15. The summed E-state index contributed by atoms with van der Waals surface area (Å²) in [6.07, 6.45) is 0. The summed E-state index contributed by atoms with van der Waals surface area (Å²) in [4.78, 5) is 0. The topological polar surface area (TPSA) is 0 Å². The van der Waals surface area contributed by atoms with Crippen LogP contribution in [-0.2, 0) is 5.41 Å². The zero-order chi connectivity index (χ0) is 34.3. The van der Waals surface area contributed by atoms with Gasteiger partial charge in [-0.1, -0.05) is 166 Å². The van der Waals surface area contributed by atoms with E-state index in [0.717, 1.165) is 0 Å². The molecule has 0 aliphatic heterocycles. The van der Waals surface area contributed by atoms with Gasteiger partial charge >= 0.3 is 0 Å². The summed E-state index contributed by atoms with van der Waals surface area (Å²) in [6, 6.07) is 61.0. The molecule has 0 aliphatic carbocycles. The summed E-state index contributed by atoms with van der Waals surface area (Å²) in [5.74, 6) is 0. The maximum atomic E-state index is 2.44. The first-order chi connectivity index (χ1) is 25.0. The van der Waals surface area contributed by atoms with E-state index < -0.39 is 0 Å². The van der Waals surface area contributed by atoms with Crippen molar-refractivity contribution in [2.45, 2.75) is 26.2 Å². The fraction of sp³-hybridized carbons (Fsp3) is 0.0800. The lowest BCUT2D eigenvalue weighted by molar-refractivity contribution is 0.601. The Labute approximate surface area is 302 Å². The molecule has 0 aliphatic rings. The molecule has 0 spiro atoms. The van der Waals surface area contributed by atoms with E-state index in [2.05, 4.69) is 185 Å². The normalized spacial score (nSPS) is 12.2. The molecule has 0 amide bonds. The van der Waals surface area contributed by atoms with Gasteiger partial charge in [0.25, 0.3) is 0 Å². The van der Waals surface area contributed by atoms with Crippen LogP contribution in [0.1, 0.15) is 26.3 Å². The van der Waals surface area contributed by atoms with E-state index in [1.807, 2.05) is 11.3 Å². The summed E-state index contributed by atoms with van der Waals surface area (Å²) in [5, 5.41) is 13.1. The van der Waals surface area contributed by atoms with Gasteiger partial charge in [0.2, 0.25) is 0 Å². The first-order valence-electron chi connectivity index (χ1n) is 17.9. The minimum absolute atomic E-state index is 0.0173. The summed E-state index contributed by atoms with van der Waals surface area (Å²) in [6.45, 7) is 7.00. The predicted molar refractivity (Wildman–Crippen MR) is 224 cm³/mol. The Kier molecular flexibility index (Phi) is 6.72. The van der Waals surface area contributed by atoms with Crippen LogP contribution in [0.4, 0.5) is 0 Å². The molecule has 1 heterocycles. The van der Waals surface area contributed by atoms with E-state index in [4.69, 9.17) is 0 Å². The summed E-state index contributed by atoms with van der Waals surface area (Å²) in [7, 11) is 0. The molecule has 10 rings (SSSR count). The number of hydrogen-bond donors (Lipinski definition) is 0. The van der Waals surface area contributed by atoms with Crippen LogP contribution in [0.3, 0.4) is 0 Å². The van der Waals surface area contributed by atoms with Crippen LogP contribution in [0, 0.1) is 0 Å². The molecule has 0 saturated heterocycles. The fourth-order valence-electron chi connectivity index (χ4n) is 8.69. The van der Waals surface area contributed by atoms with E-state index in [9.17, 15) is 0 Å². The van der Waals surface area contributed by atoms with Crippen molar-refractivity contribution in [1.29, 1.82) is 0 Å². The molecule has 51 heavy (non-hydrogen) atoms. The number of fused-ring (bicyclic) bond motifs is 7. The Morgan fingerprint density at radius 2 is 0.725 bits per heavy atom. The maximum absolute atomic E-state index is 2.44. The lowest BCUT2D eigenvalue weighted by Gasteiger charge is -2.26. The minimum Gasteiger partial charge on any atom is -0.135 e. The van der Waals surface area contributed by atoms with Gasteiger partial charge < -0.3 is 0 Å². The quantitative estimate of drug-likeness (QED) is 0.164. The van der Waals surface area contributed by atoms with Crippen molar-refractivity contribution >= 4 is 74.6 Å². The molecule has 1 aromatic heterocycles. The van der Waals surface area contributed by atoms with Gasteiger partial charge in [0.1, 0.15) is 0 Å². The lowest BCUT2D eigenvalue weighted by Crippen LogP contribution is -2.13. The first kappa shape index (κ1) is 30.1. The van der Waals surface area contributed by atoms with Crippen LogP contribution in [0.15, 0.2) is 164 Å². The monoisotopic (exact) mass is 668 g/mol. The van der Waals surface area contributed by atoms with Gasteiger partial charge in [-0.05, 0) is 106 Å². The zero-order valence-corrected chi connectivity index (χ0v) is 29.8. The van der Waals surface area contributed by atoms with Gasteiger partial charge in [-0.3, -0.25) is 0 Å². The van der Waals surface area contributed by atoms with Crippen molar-refractivity contribution in [3.05, 3.63) is 169 Å². The average molecular weight is 669 g/mol. The third-order valence-corrected chi connectivity index (χ3v) is 11.9. The molecule has 1 heteroatoms. The summed E-state index contributed by atoms with van der Waals surface area (Å²) < 4.78 is 2.64. The molecule has 0 unspecified atom stereocenters. The van der Waals surface area contributed by atoms with Crippen molar-refractivity contribution in [2.24, 2.45) is 0 Å². The molecule has 242 valence electrons. The van der Waals surface area contributed by atoms with Crippen LogP contribution in [0.25, 0.3) is 96.6 Å². The lowest BCUT2D eigenvalue weighted by atomic mass is 9.78. The largest absolute Gasteiger partial charge is 0.135 e. The van der Waals surface area contributed by atoms with Gasteiger partial charge in [0.15, 0.2) is 0 Å². The van der Waals surface area contributed by atoms with Crippen molar-refractivity contribution in [3.8, 4) is 33.4 Å². The van der Waals surface area contributed by atoms with Crippen molar-refractivity contribution in [1.82, 2.24) is 0 Å². The third-order valence-electron chi connectivity index (χ3n) is 10.7. The molecule has 0 fully saturated rings. The smallest absolute Gasteiger partial charge is 0.0361 e. The van der Waals surface area contributed by atoms with E-state index in [1.165, 1.54) is 102 Å². The van der Waals surface area contributed by atoms with Crippen LogP contribution < -0.4 is 0 Å². The van der Waals surface area contributed by atoms with E-state index in [0.29, 0.717) is 0 Å². The van der Waals surface area contributed by atoms with Crippen molar-refractivity contribution < 1.29 is 0 Å². The maximum Gasteiger partial charge on any atom is 0.0361 e. The average Bonchev–Trinajstić information content (AvgIpc) is 3.52.